The normalized spacial score (nSPS) is 10.8. The molecule has 0 fully saturated rings. The van der Waals surface area contributed by atoms with Gasteiger partial charge in [-0.15, -0.1) is 0 Å². The molecule has 0 aliphatic rings. The molecule has 4 heteroatoms. The van der Waals surface area contributed by atoms with Crippen molar-refractivity contribution in [2.45, 2.75) is 39.5 Å². The molecule has 0 aliphatic carbocycles. The number of benzene rings is 1. The molecule has 1 aromatic carbocycles. The van der Waals surface area contributed by atoms with Gasteiger partial charge in [0.25, 0.3) is 0 Å². The average Bonchev–Trinajstić information content (AvgIpc) is 2.34. The van der Waals surface area contributed by atoms with E-state index in [0.717, 1.165) is 22.4 Å². The van der Waals surface area contributed by atoms with Crippen molar-refractivity contribution in [1.29, 1.82) is 5.26 Å². The van der Waals surface area contributed by atoms with Crippen LogP contribution in [0.5, 0.6) is 5.75 Å². The zero-order chi connectivity index (χ0) is 15.3. The number of ether oxygens (including phenoxy) is 1. The minimum Gasteiger partial charge on any atom is -0.496 e. The van der Waals surface area contributed by atoms with Crippen molar-refractivity contribution in [3.05, 3.63) is 28.8 Å². The Balaban J connectivity index is 3.16. The molecule has 108 valence electrons. The Hall–Kier alpha value is -2.02. The summed E-state index contributed by atoms with van der Waals surface area (Å²) in [6.07, 6.45) is 0.218. The summed E-state index contributed by atoms with van der Waals surface area (Å²) in [7, 11) is 1.62. The van der Waals surface area contributed by atoms with E-state index in [1.54, 1.807) is 7.11 Å². The second-order valence-electron chi connectivity index (χ2n) is 5.87. The van der Waals surface area contributed by atoms with Crippen molar-refractivity contribution in [2.24, 2.45) is 0 Å². The van der Waals surface area contributed by atoms with Gasteiger partial charge in [0.2, 0.25) is 5.91 Å². The highest BCUT2D eigenvalue weighted by atomic mass is 16.5. The summed E-state index contributed by atoms with van der Waals surface area (Å²) in [4.78, 5) is 11.8. The van der Waals surface area contributed by atoms with Crippen LogP contribution in [0.4, 0.5) is 0 Å². The quantitative estimate of drug-likeness (QED) is 0.858. The van der Waals surface area contributed by atoms with E-state index < -0.39 is 0 Å². The fraction of sp³-hybridized carbons (Fsp3) is 0.500. The van der Waals surface area contributed by atoms with Crippen LogP contribution in [-0.4, -0.2) is 19.6 Å². The van der Waals surface area contributed by atoms with E-state index in [-0.39, 0.29) is 24.3 Å². The van der Waals surface area contributed by atoms with Crippen molar-refractivity contribution in [1.82, 2.24) is 5.32 Å². The van der Waals surface area contributed by atoms with E-state index in [1.807, 2.05) is 19.1 Å². The van der Waals surface area contributed by atoms with E-state index >= 15 is 0 Å². The number of aryl methyl sites for hydroxylation is 1. The molecule has 20 heavy (non-hydrogen) atoms. The highest BCUT2D eigenvalue weighted by Crippen LogP contribution is 2.35. The highest BCUT2D eigenvalue weighted by Gasteiger charge is 2.22. The molecule has 4 nitrogen and oxygen atoms in total. The van der Waals surface area contributed by atoms with E-state index in [1.165, 1.54) is 0 Å². The van der Waals surface area contributed by atoms with Crippen LogP contribution in [0, 0.1) is 18.3 Å². The first kappa shape index (κ1) is 16.0. The van der Waals surface area contributed by atoms with Crippen molar-refractivity contribution in [3.8, 4) is 11.8 Å². The Kier molecular flexibility index (Phi) is 5.15. The predicted octanol–water partition coefficient (Wildman–Crippen LogP) is 2.48. The molecule has 0 bridgehead atoms. The number of hydrogen-bond donors (Lipinski definition) is 1. The third kappa shape index (κ3) is 3.99. The lowest BCUT2D eigenvalue weighted by atomic mass is 9.83. The maximum Gasteiger partial charge on any atom is 0.225 e. The molecule has 0 saturated carbocycles. The first-order valence-corrected chi connectivity index (χ1v) is 6.61. The summed E-state index contributed by atoms with van der Waals surface area (Å²) < 4.78 is 5.52. The van der Waals surface area contributed by atoms with Crippen LogP contribution in [-0.2, 0) is 16.6 Å². The smallest absolute Gasteiger partial charge is 0.225 e. The number of carbonyl (C=O) groups excluding carboxylic acids is 1. The number of amides is 1. The second-order valence-corrected chi connectivity index (χ2v) is 5.87. The summed E-state index contributed by atoms with van der Waals surface area (Å²) in [6, 6.07) is 5.95. The van der Waals surface area contributed by atoms with Crippen LogP contribution < -0.4 is 10.1 Å². The fourth-order valence-electron chi connectivity index (χ4n) is 2.15. The second kappa shape index (κ2) is 6.42. The number of methoxy groups -OCH3 is 1. The Morgan fingerprint density at radius 3 is 2.55 bits per heavy atom. The van der Waals surface area contributed by atoms with Crippen molar-refractivity contribution >= 4 is 5.91 Å². The lowest BCUT2D eigenvalue weighted by Gasteiger charge is -2.24. The van der Waals surface area contributed by atoms with Crippen molar-refractivity contribution < 1.29 is 9.53 Å². The molecular formula is C16H22N2O2. The minimum atomic E-state index is -0.171. The summed E-state index contributed by atoms with van der Waals surface area (Å²) in [5.41, 5.74) is 2.98. The van der Waals surface area contributed by atoms with Crippen molar-refractivity contribution in [2.75, 3.05) is 13.7 Å². The van der Waals surface area contributed by atoms with Gasteiger partial charge in [-0.1, -0.05) is 38.5 Å². The molecule has 0 radical (unpaired) electrons. The van der Waals surface area contributed by atoms with E-state index in [4.69, 9.17) is 10.00 Å². The van der Waals surface area contributed by atoms with E-state index in [2.05, 4.69) is 32.2 Å². The van der Waals surface area contributed by atoms with Crippen LogP contribution in [0.3, 0.4) is 0 Å². The zero-order valence-corrected chi connectivity index (χ0v) is 12.8. The topological polar surface area (TPSA) is 62.1 Å². The lowest BCUT2D eigenvalue weighted by Crippen LogP contribution is -2.26. The van der Waals surface area contributed by atoms with E-state index in [9.17, 15) is 4.79 Å². The largest absolute Gasteiger partial charge is 0.496 e. The molecule has 0 saturated heterocycles. The number of nitriles is 1. The summed E-state index contributed by atoms with van der Waals surface area (Å²) in [5, 5.41) is 11.0. The van der Waals surface area contributed by atoms with Gasteiger partial charge in [0, 0.05) is 11.1 Å². The lowest BCUT2D eigenvalue weighted by molar-refractivity contribution is -0.120. The standard InChI is InChI=1S/C16H22N2O2/c1-11-8-12(10-14(19)18-7-6-17)15(20-5)13(9-11)16(2,3)4/h8-9H,7,10H2,1-5H3,(H,18,19). The molecule has 0 heterocycles. The van der Waals surface area contributed by atoms with Crippen LogP contribution in [0.25, 0.3) is 0 Å². The van der Waals surface area contributed by atoms with Gasteiger partial charge < -0.3 is 10.1 Å². The molecule has 1 rings (SSSR count). The first-order chi connectivity index (χ1) is 9.29. The third-order valence-electron chi connectivity index (χ3n) is 3.04. The molecule has 1 aromatic rings. The van der Waals surface area contributed by atoms with Crippen molar-refractivity contribution in [3.63, 3.8) is 0 Å². The molecule has 0 unspecified atom stereocenters. The van der Waals surface area contributed by atoms with Crippen LogP contribution in [0.15, 0.2) is 12.1 Å². The maximum absolute atomic E-state index is 11.8. The first-order valence-electron chi connectivity index (χ1n) is 6.61. The summed E-state index contributed by atoms with van der Waals surface area (Å²) in [6.45, 7) is 8.38. The predicted molar refractivity (Wildman–Crippen MR) is 78.8 cm³/mol. The van der Waals surface area contributed by atoms with Gasteiger partial charge >= 0.3 is 0 Å². The fourth-order valence-corrected chi connectivity index (χ4v) is 2.15. The number of nitrogens with one attached hydrogen (secondary N) is 1. The number of hydrogen-bond acceptors (Lipinski definition) is 3. The van der Waals surface area contributed by atoms with Crippen LogP contribution >= 0.6 is 0 Å². The molecule has 1 amide bonds. The monoisotopic (exact) mass is 274 g/mol. The summed E-state index contributed by atoms with van der Waals surface area (Å²) >= 11 is 0. The van der Waals surface area contributed by atoms with Gasteiger partial charge in [-0.2, -0.15) is 5.26 Å². The Bertz CT molecular complexity index is 537. The van der Waals surface area contributed by atoms with Gasteiger partial charge in [-0.25, -0.2) is 0 Å². The Morgan fingerprint density at radius 2 is 2.05 bits per heavy atom. The minimum absolute atomic E-state index is 0.0269. The maximum atomic E-state index is 11.8. The highest BCUT2D eigenvalue weighted by molar-refractivity contribution is 5.80. The van der Waals surface area contributed by atoms with Gasteiger partial charge in [0.1, 0.15) is 12.3 Å². The molecular weight excluding hydrogens is 252 g/mol. The van der Waals surface area contributed by atoms with Gasteiger partial charge in [0.15, 0.2) is 0 Å². The third-order valence-corrected chi connectivity index (χ3v) is 3.04. The molecule has 0 atom stereocenters. The van der Waals surface area contributed by atoms with Crippen LogP contribution in [0.2, 0.25) is 0 Å². The molecule has 0 aromatic heterocycles. The number of carbonyl (C=O) groups is 1. The van der Waals surface area contributed by atoms with Gasteiger partial charge in [-0.3, -0.25) is 4.79 Å². The molecule has 0 spiro atoms. The summed E-state index contributed by atoms with van der Waals surface area (Å²) in [5.74, 6) is 0.588. The molecule has 0 aliphatic heterocycles. The Labute approximate surface area is 120 Å². The van der Waals surface area contributed by atoms with E-state index in [0.29, 0.717) is 0 Å². The van der Waals surface area contributed by atoms with Crippen LogP contribution in [0.1, 0.15) is 37.5 Å². The SMILES string of the molecule is COc1c(CC(=O)NCC#N)cc(C)cc1C(C)(C)C. The number of rotatable bonds is 4. The Morgan fingerprint density at radius 1 is 1.40 bits per heavy atom. The zero-order valence-electron chi connectivity index (χ0n) is 12.8. The molecule has 1 N–H and O–H groups in total. The average molecular weight is 274 g/mol. The number of nitrogens with zero attached hydrogens (tertiary/aromatic N) is 1. The van der Waals surface area contributed by atoms with Gasteiger partial charge in [-0.05, 0) is 12.3 Å². The van der Waals surface area contributed by atoms with Gasteiger partial charge in [0.05, 0.1) is 19.6 Å².